The van der Waals surface area contributed by atoms with Gasteiger partial charge in [0.1, 0.15) is 17.1 Å². The fourth-order valence-corrected chi connectivity index (χ4v) is 3.03. The zero-order valence-electron chi connectivity index (χ0n) is 12.2. The summed E-state index contributed by atoms with van der Waals surface area (Å²) in [5.41, 5.74) is 1.40. The number of hydrogen-bond donors (Lipinski definition) is 2. The first-order valence-electron chi connectivity index (χ1n) is 7.19. The molecule has 0 bridgehead atoms. The van der Waals surface area contributed by atoms with E-state index in [0.717, 1.165) is 22.7 Å². The Hall–Kier alpha value is -2.71. The molecular weight excluding hydrogens is 323 g/mol. The summed E-state index contributed by atoms with van der Waals surface area (Å²) in [4.78, 5) is 0. The smallest absolute Gasteiger partial charge is 0.416 e. The van der Waals surface area contributed by atoms with Gasteiger partial charge < -0.3 is 10.3 Å². The minimum atomic E-state index is -4.45. The second-order valence-corrected chi connectivity index (χ2v) is 5.57. The Balaban J connectivity index is 1.71. The van der Waals surface area contributed by atoms with E-state index in [9.17, 15) is 23.5 Å². The number of para-hydroxylation sites is 1. The number of benzene rings is 2. The lowest BCUT2D eigenvalue weighted by atomic mass is 10.1. The lowest BCUT2D eigenvalue weighted by molar-refractivity contribution is -0.853. The molecule has 2 aliphatic heterocycles. The first kappa shape index (κ1) is 14.9. The molecule has 0 saturated carbocycles. The van der Waals surface area contributed by atoms with E-state index < -0.39 is 17.0 Å². The van der Waals surface area contributed by atoms with E-state index in [-0.39, 0.29) is 11.6 Å². The number of nitrogens with zero attached hydrogens (tertiary/aromatic N) is 2. The standard InChI is InChI=1S/C16H12F3N3O2/c17-16(18,19)11-5-7-12(8-6-11)20-15(23)14-9-10-3-1-2-4-13(10)21(14)22(20)24/h1-8,22-23H,9H2. The van der Waals surface area contributed by atoms with Crippen molar-refractivity contribution in [3.8, 4) is 0 Å². The van der Waals surface area contributed by atoms with E-state index in [0.29, 0.717) is 17.8 Å². The number of allylic oxidation sites excluding steroid dienone is 1. The van der Waals surface area contributed by atoms with E-state index in [1.54, 1.807) is 12.1 Å². The highest BCUT2D eigenvalue weighted by molar-refractivity contribution is 5.66. The van der Waals surface area contributed by atoms with Crippen LogP contribution in [0, 0.1) is 5.21 Å². The van der Waals surface area contributed by atoms with Gasteiger partial charge in [-0.15, -0.1) is 5.01 Å². The molecule has 0 spiro atoms. The molecule has 0 fully saturated rings. The molecule has 2 aromatic rings. The molecule has 2 heterocycles. The summed E-state index contributed by atoms with van der Waals surface area (Å²) in [5, 5.41) is 25.0. The Morgan fingerprint density at radius 1 is 1.00 bits per heavy atom. The highest BCUT2D eigenvalue weighted by atomic mass is 19.4. The Morgan fingerprint density at radius 3 is 2.33 bits per heavy atom. The number of hydrogen-bond acceptors (Lipinski definition) is 4. The van der Waals surface area contributed by atoms with Crippen molar-refractivity contribution >= 4 is 11.4 Å². The van der Waals surface area contributed by atoms with Crippen molar-refractivity contribution in [3.05, 3.63) is 76.4 Å². The molecule has 1 unspecified atom stereocenters. The van der Waals surface area contributed by atoms with Crippen molar-refractivity contribution < 1.29 is 23.6 Å². The van der Waals surface area contributed by atoms with Crippen LogP contribution in [0.25, 0.3) is 0 Å². The average Bonchev–Trinajstić information content (AvgIpc) is 3.04. The van der Waals surface area contributed by atoms with E-state index in [2.05, 4.69) is 0 Å². The molecule has 0 aromatic heterocycles. The Bertz CT molecular complexity index is 833. The van der Waals surface area contributed by atoms with Gasteiger partial charge in [0.15, 0.2) is 0 Å². The van der Waals surface area contributed by atoms with Gasteiger partial charge in [-0.2, -0.15) is 23.5 Å². The number of nitrogens with one attached hydrogen (secondary N) is 1. The molecule has 2 aromatic carbocycles. The lowest BCUT2D eigenvalue weighted by Gasteiger charge is -2.32. The van der Waals surface area contributed by atoms with E-state index >= 15 is 0 Å². The summed E-state index contributed by atoms with van der Waals surface area (Å²) in [6, 6.07) is 11.4. The van der Waals surface area contributed by atoms with Crippen molar-refractivity contribution in [1.29, 1.82) is 0 Å². The molecule has 24 heavy (non-hydrogen) atoms. The molecule has 0 aliphatic carbocycles. The molecular formula is C16H12F3N3O2. The maximum atomic E-state index is 12.7. The van der Waals surface area contributed by atoms with Gasteiger partial charge in [0, 0.05) is 6.42 Å². The van der Waals surface area contributed by atoms with Gasteiger partial charge in [-0.3, -0.25) is 0 Å². The molecule has 0 radical (unpaired) electrons. The van der Waals surface area contributed by atoms with Crippen molar-refractivity contribution in [2.75, 3.05) is 10.0 Å². The Morgan fingerprint density at radius 2 is 1.67 bits per heavy atom. The summed E-state index contributed by atoms with van der Waals surface area (Å²) in [6.07, 6.45) is -4.06. The zero-order chi connectivity index (χ0) is 17.1. The highest BCUT2D eigenvalue weighted by Gasteiger charge is 2.44. The minimum Gasteiger partial charge on any atom is -0.581 e. The van der Waals surface area contributed by atoms with Gasteiger partial charge in [0.2, 0.25) is 0 Å². The van der Waals surface area contributed by atoms with Crippen LogP contribution in [0.15, 0.2) is 60.1 Å². The fourth-order valence-electron chi connectivity index (χ4n) is 3.03. The first-order chi connectivity index (χ1) is 11.4. The fraction of sp³-hybridized carbons (Fsp3) is 0.125. The number of fused-ring (bicyclic) bond motifs is 3. The molecule has 5 nitrogen and oxygen atoms in total. The number of quaternary nitrogens is 1. The van der Waals surface area contributed by atoms with Gasteiger partial charge in [0.05, 0.1) is 5.56 Å². The normalized spacial score (nSPS) is 19.8. The van der Waals surface area contributed by atoms with Crippen LogP contribution >= 0.6 is 0 Å². The highest BCUT2D eigenvalue weighted by Crippen LogP contribution is 2.37. The maximum Gasteiger partial charge on any atom is 0.416 e. The zero-order valence-corrected chi connectivity index (χ0v) is 12.2. The molecule has 0 saturated heterocycles. The van der Waals surface area contributed by atoms with Crippen LogP contribution in [0.3, 0.4) is 0 Å². The topological polar surface area (TPSA) is 54.2 Å². The van der Waals surface area contributed by atoms with Gasteiger partial charge in [-0.25, -0.2) is 0 Å². The Labute approximate surface area is 135 Å². The number of rotatable bonds is 1. The van der Waals surface area contributed by atoms with Crippen molar-refractivity contribution in [2.45, 2.75) is 12.6 Å². The second-order valence-electron chi connectivity index (χ2n) is 5.57. The number of alkyl halides is 3. The van der Waals surface area contributed by atoms with Crippen LogP contribution in [-0.2, 0) is 12.6 Å². The molecule has 0 amide bonds. The summed E-state index contributed by atoms with van der Waals surface area (Å²) in [5.74, 6) is -0.254. The first-order valence-corrected chi connectivity index (χ1v) is 7.19. The van der Waals surface area contributed by atoms with E-state index in [4.69, 9.17) is 0 Å². The van der Waals surface area contributed by atoms with Crippen molar-refractivity contribution in [1.82, 2.24) is 0 Å². The maximum absolute atomic E-state index is 12.7. The van der Waals surface area contributed by atoms with Crippen LogP contribution in [0.1, 0.15) is 11.1 Å². The van der Waals surface area contributed by atoms with Gasteiger partial charge in [-0.05, 0) is 35.9 Å². The largest absolute Gasteiger partial charge is 0.581 e. The summed E-state index contributed by atoms with van der Waals surface area (Å²) in [6.45, 7) is 0. The summed E-state index contributed by atoms with van der Waals surface area (Å²) < 4.78 is 38.0. The van der Waals surface area contributed by atoms with Crippen LogP contribution in [0.4, 0.5) is 24.5 Å². The van der Waals surface area contributed by atoms with Crippen LogP contribution in [0.5, 0.6) is 0 Å². The predicted molar refractivity (Wildman–Crippen MR) is 80.5 cm³/mol. The van der Waals surface area contributed by atoms with Crippen LogP contribution in [-0.4, -0.2) is 5.11 Å². The average molecular weight is 335 g/mol. The van der Waals surface area contributed by atoms with Crippen LogP contribution in [0.2, 0.25) is 0 Å². The van der Waals surface area contributed by atoms with E-state index in [1.165, 1.54) is 17.1 Å². The monoisotopic (exact) mass is 335 g/mol. The number of aliphatic hydroxyl groups excluding tert-OH is 1. The van der Waals surface area contributed by atoms with Gasteiger partial charge >= 0.3 is 6.18 Å². The second kappa shape index (κ2) is 4.89. The van der Waals surface area contributed by atoms with Gasteiger partial charge in [0.25, 0.3) is 5.88 Å². The molecule has 2 aliphatic rings. The predicted octanol–water partition coefficient (Wildman–Crippen LogP) is 2.53. The number of halogens is 3. The van der Waals surface area contributed by atoms with Gasteiger partial charge in [-0.1, -0.05) is 18.2 Å². The van der Waals surface area contributed by atoms with Crippen molar-refractivity contribution in [2.24, 2.45) is 0 Å². The van der Waals surface area contributed by atoms with Crippen molar-refractivity contribution in [3.63, 3.8) is 0 Å². The van der Waals surface area contributed by atoms with Crippen LogP contribution < -0.4 is 15.3 Å². The Kier molecular flexibility index (Phi) is 3.03. The summed E-state index contributed by atoms with van der Waals surface area (Å²) >= 11 is 0. The molecule has 124 valence electrons. The number of anilines is 2. The molecule has 1 atom stereocenters. The third-order valence-corrected chi connectivity index (χ3v) is 4.17. The third kappa shape index (κ3) is 2.04. The molecule has 8 heteroatoms. The lowest BCUT2D eigenvalue weighted by Crippen LogP contribution is -3.18. The number of aliphatic hydroxyl groups is 1. The summed E-state index contributed by atoms with van der Waals surface area (Å²) in [7, 11) is 0. The molecule has 2 N–H and O–H groups in total. The third-order valence-electron chi connectivity index (χ3n) is 4.17. The quantitative estimate of drug-likeness (QED) is 0.787. The molecule has 4 rings (SSSR count). The SMILES string of the molecule is [O-][NH+]1N(c2ccc(C(F)(F)F)cc2)C(O)=C2Cc3ccccc3N21. The minimum absolute atomic E-state index is 0.185. The van der Waals surface area contributed by atoms with E-state index in [1.807, 2.05) is 12.1 Å².